The second-order valence-electron chi connectivity index (χ2n) is 5.70. The van der Waals surface area contributed by atoms with E-state index in [1.807, 2.05) is 24.3 Å². The SMILES string of the molecule is CCCn1c(NC(=O)CNCC2CC2)nc2ccccc21.Cl. The largest absolute Gasteiger partial charge is 0.310 e. The smallest absolute Gasteiger partial charge is 0.240 e. The third-order valence-corrected chi connectivity index (χ3v) is 3.77. The zero-order chi connectivity index (χ0) is 14.7. The number of aryl methyl sites for hydroxylation is 1. The van der Waals surface area contributed by atoms with Crippen molar-refractivity contribution in [1.82, 2.24) is 14.9 Å². The van der Waals surface area contributed by atoms with Crippen LogP contribution >= 0.6 is 12.4 Å². The Labute approximate surface area is 136 Å². The van der Waals surface area contributed by atoms with Crippen molar-refractivity contribution in [3.05, 3.63) is 24.3 Å². The Morgan fingerprint density at radius 3 is 2.86 bits per heavy atom. The summed E-state index contributed by atoms with van der Waals surface area (Å²) < 4.78 is 2.08. The number of amides is 1. The van der Waals surface area contributed by atoms with Gasteiger partial charge in [0.1, 0.15) is 0 Å². The van der Waals surface area contributed by atoms with Crippen molar-refractivity contribution in [3.63, 3.8) is 0 Å². The number of aromatic nitrogens is 2. The van der Waals surface area contributed by atoms with Crippen LogP contribution < -0.4 is 10.6 Å². The lowest BCUT2D eigenvalue weighted by Gasteiger charge is -2.09. The molecular formula is C16H23ClN4O. The summed E-state index contributed by atoms with van der Waals surface area (Å²) in [5.41, 5.74) is 1.99. The molecule has 2 N–H and O–H groups in total. The highest BCUT2D eigenvalue weighted by Gasteiger charge is 2.20. The number of imidazole rings is 1. The second kappa shape index (κ2) is 7.61. The van der Waals surface area contributed by atoms with E-state index in [9.17, 15) is 4.79 Å². The summed E-state index contributed by atoms with van der Waals surface area (Å²) in [4.78, 5) is 16.6. The molecule has 2 aromatic rings. The fourth-order valence-corrected chi connectivity index (χ4v) is 2.50. The number of hydrogen-bond donors (Lipinski definition) is 2. The van der Waals surface area contributed by atoms with Crippen LogP contribution in [0.2, 0.25) is 0 Å². The third kappa shape index (κ3) is 3.99. The van der Waals surface area contributed by atoms with Gasteiger partial charge in [0.15, 0.2) is 0 Å². The quantitative estimate of drug-likeness (QED) is 0.824. The number of rotatable bonds is 7. The number of carbonyl (C=O) groups excluding carboxylic acids is 1. The molecular weight excluding hydrogens is 300 g/mol. The summed E-state index contributed by atoms with van der Waals surface area (Å²) >= 11 is 0. The summed E-state index contributed by atoms with van der Waals surface area (Å²) in [5.74, 6) is 1.40. The molecule has 0 atom stereocenters. The first-order valence-electron chi connectivity index (χ1n) is 7.73. The molecule has 0 spiro atoms. The molecule has 120 valence electrons. The first-order chi connectivity index (χ1) is 10.3. The van der Waals surface area contributed by atoms with Gasteiger partial charge in [0.05, 0.1) is 17.6 Å². The number of halogens is 1. The Hall–Kier alpha value is -1.59. The summed E-state index contributed by atoms with van der Waals surface area (Å²) in [5, 5.41) is 6.13. The Morgan fingerprint density at radius 2 is 2.14 bits per heavy atom. The van der Waals surface area contributed by atoms with Gasteiger partial charge in [-0.05, 0) is 43.9 Å². The van der Waals surface area contributed by atoms with E-state index in [-0.39, 0.29) is 18.3 Å². The predicted molar refractivity (Wildman–Crippen MR) is 91.5 cm³/mol. The van der Waals surface area contributed by atoms with Crippen LogP contribution in [0, 0.1) is 5.92 Å². The van der Waals surface area contributed by atoms with Crippen LogP contribution in [-0.2, 0) is 11.3 Å². The van der Waals surface area contributed by atoms with Crippen molar-refractivity contribution in [3.8, 4) is 0 Å². The lowest BCUT2D eigenvalue weighted by Crippen LogP contribution is -2.30. The van der Waals surface area contributed by atoms with Crippen molar-refractivity contribution in [2.24, 2.45) is 5.92 Å². The molecule has 1 fully saturated rings. The van der Waals surface area contributed by atoms with Crippen molar-refractivity contribution in [2.45, 2.75) is 32.7 Å². The minimum absolute atomic E-state index is 0. The van der Waals surface area contributed by atoms with Crippen molar-refractivity contribution >= 4 is 35.3 Å². The maximum atomic E-state index is 12.0. The molecule has 1 aliphatic carbocycles. The van der Waals surface area contributed by atoms with Gasteiger partial charge >= 0.3 is 0 Å². The highest BCUT2D eigenvalue weighted by molar-refractivity contribution is 5.92. The van der Waals surface area contributed by atoms with Crippen LogP contribution in [0.15, 0.2) is 24.3 Å². The van der Waals surface area contributed by atoms with Crippen molar-refractivity contribution in [1.29, 1.82) is 0 Å². The fourth-order valence-electron chi connectivity index (χ4n) is 2.50. The molecule has 1 aliphatic rings. The highest BCUT2D eigenvalue weighted by Crippen LogP contribution is 2.27. The average molecular weight is 323 g/mol. The van der Waals surface area contributed by atoms with E-state index < -0.39 is 0 Å². The van der Waals surface area contributed by atoms with E-state index in [4.69, 9.17) is 0 Å². The molecule has 3 rings (SSSR count). The van der Waals surface area contributed by atoms with Gasteiger partial charge < -0.3 is 9.88 Å². The van der Waals surface area contributed by atoms with Crippen LogP contribution in [0.1, 0.15) is 26.2 Å². The van der Waals surface area contributed by atoms with Crippen LogP contribution in [0.25, 0.3) is 11.0 Å². The molecule has 0 aliphatic heterocycles. The van der Waals surface area contributed by atoms with Gasteiger partial charge in [-0.15, -0.1) is 12.4 Å². The molecule has 0 saturated heterocycles. The first-order valence-corrected chi connectivity index (χ1v) is 7.73. The number of benzene rings is 1. The van der Waals surface area contributed by atoms with Crippen molar-refractivity contribution < 1.29 is 4.79 Å². The second-order valence-corrected chi connectivity index (χ2v) is 5.70. The number of fused-ring (bicyclic) bond motifs is 1. The molecule has 1 aromatic carbocycles. The van der Waals surface area contributed by atoms with E-state index in [0.717, 1.165) is 36.5 Å². The molecule has 1 aromatic heterocycles. The number of nitrogens with zero attached hydrogens (tertiary/aromatic N) is 2. The van der Waals surface area contributed by atoms with Gasteiger partial charge in [-0.1, -0.05) is 19.1 Å². The molecule has 0 unspecified atom stereocenters. The normalized spacial score (nSPS) is 13.9. The predicted octanol–water partition coefficient (Wildman–Crippen LogP) is 2.81. The monoisotopic (exact) mass is 322 g/mol. The highest BCUT2D eigenvalue weighted by atomic mass is 35.5. The van der Waals surface area contributed by atoms with E-state index >= 15 is 0 Å². The Kier molecular flexibility index (Phi) is 5.80. The maximum absolute atomic E-state index is 12.0. The van der Waals surface area contributed by atoms with Gasteiger partial charge in [-0.25, -0.2) is 4.98 Å². The summed E-state index contributed by atoms with van der Waals surface area (Å²) in [6.45, 7) is 4.27. The van der Waals surface area contributed by atoms with E-state index in [2.05, 4.69) is 27.1 Å². The number of carbonyl (C=O) groups is 1. The molecule has 1 amide bonds. The molecule has 0 radical (unpaired) electrons. The minimum Gasteiger partial charge on any atom is -0.310 e. The number of anilines is 1. The van der Waals surface area contributed by atoms with E-state index in [0.29, 0.717) is 12.5 Å². The Morgan fingerprint density at radius 1 is 1.36 bits per heavy atom. The third-order valence-electron chi connectivity index (χ3n) is 3.77. The molecule has 6 heteroatoms. The molecule has 1 saturated carbocycles. The van der Waals surface area contributed by atoms with Crippen LogP contribution in [0.3, 0.4) is 0 Å². The lowest BCUT2D eigenvalue weighted by atomic mass is 10.3. The summed E-state index contributed by atoms with van der Waals surface area (Å²) in [7, 11) is 0. The average Bonchev–Trinajstić information content (AvgIpc) is 3.23. The summed E-state index contributed by atoms with van der Waals surface area (Å²) in [6.07, 6.45) is 3.59. The van der Waals surface area contributed by atoms with E-state index in [1.165, 1.54) is 12.8 Å². The summed E-state index contributed by atoms with van der Waals surface area (Å²) in [6, 6.07) is 7.98. The van der Waals surface area contributed by atoms with Gasteiger partial charge in [0.2, 0.25) is 11.9 Å². The minimum atomic E-state index is -0.0247. The number of para-hydroxylation sites is 2. The molecule has 22 heavy (non-hydrogen) atoms. The van der Waals surface area contributed by atoms with Gasteiger partial charge in [0, 0.05) is 6.54 Å². The van der Waals surface area contributed by atoms with Crippen LogP contribution in [-0.4, -0.2) is 28.5 Å². The van der Waals surface area contributed by atoms with Crippen molar-refractivity contribution in [2.75, 3.05) is 18.4 Å². The zero-order valence-corrected chi connectivity index (χ0v) is 13.7. The standard InChI is InChI=1S/C16H22N4O.ClH/c1-2-9-20-14-6-4-3-5-13(14)18-16(20)19-15(21)11-17-10-12-7-8-12;/h3-6,12,17H,2,7-11H2,1H3,(H,18,19,21);1H. The Bertz CT molecular complexity index is 636. The van der Waals surface area contributed by atoms with Crippen LogP contribution in [0.4, 0.5) is 5.95 Å². The number of hydrogen-bond acceptors (Lipinski definition) is 3. The molecule has 1 heterocycles. The van der Waals surface area contributed by atoms with Gasteiger partial charge in [0.25, 0.3) is 0 Å². The number of nitrogens with one attached hydrogen (secondary N) is 2. The van der Waals surface area contributed by atoms with E-state index in [1.54, 1.807) is 0 Å². The fraction of sp³-hybridized carbons (Fsp3) is 0.500. The lowest BCUT2D eigenvalue weighted by molar-refractivity contribution is -0.115. The molecule has 0 bridgehead atoms. The Balaban J connectivity index is 0.00000176. The maximum Gasteiger partial charge on any atom is 0.240 e. The molecule has 5 nitrogen and oxygen atoms in total. The van der Waals surface area contributed by atoms with Gasteiger partial charge in [-0.3, -0.25) is 10.1 Å². The first kappa shape index (κ1) is 16.8. The van der Waals surface area contributed by atoms with Gasteiger partial charge in [-0.2, -0.15) is 0 Å². The van der Waals surface area contributed by atoms with Crippen LogP contribution in [0.5, 0.6) is 0 Å². The zero-order valence-electron chi connectivity index (χ0n) is 12.8. The topological polar surface area (TPSA) is 59.0 Å².